The zero-order valence-electron chi connectivity index (χ0n) is 10.9. The van der Waals surface area contributed by atoms with Crippen LogP contribution in [0, 0.1) is 0 Å². The van der Waals surface area contributed by atoms with Crippen molar-refractivity contribution in [2.24, 2.45) is 5.14 Å². The second-order valence-corrected chi connectivity index (χ2v) is 6.02. The summed E-state index contributed by atoms with van der Waals surface area (Å²) < 4.78 is 33.7. The Bertz CT molecular complexity index is 805. The van der Waals surface area contributed by atoms with E-state index in [9.17, 15) is 8.42 Å². The van der Waals surface area contributed by atoms with Crippen LogP contribution in [-0.4, -0.2) is 15.2 Å². The van der Waals surface area contributed by atoms with E-state index < -0.39 is 10.0 Å². The first-order valence-electron chi connectivity index (χ1n) is 6.02. The number of nitrogens with one attached hydrogen (secondary N) is 1. The Morgan fingerprint density at radius 2 is 1.81 bits per heavy atom. The number of anilines is 3. The molecule has 1 aliphatic rings. The van der Waals surface area contributed by atoms with Gasteiger partial charge in [0.1, 0.15) is 4.90 Å². The molecule has 0 aliphatic carbocycles. The fraction of sp³-hybridized carbons (Fsp3) is 0.0769. The van der Waals surface area contributed by atoms with Gasteiger partial charge in [0.2, 0.25) is 16.8 Å². The molecule has 2 aromatic carbocycles. The van der Waals surface area contributed by atoms with Crippen LogP contribution in [0.1, 0.15) is 0 Å². The Morgan fingerprint density at radius 3 is 2.57 bits per heavy atom. The van der Waals surface area contributed by atoms with E-state index in [1.54, 1.807) is 30.3 Å². The van der Waals surface area contributed by atoms with Crippen LogP contribution in [0.4, 0.5) is 17.1 Å². The van der Waals surface area contributed by atoms with Crippen LogP contribution >= 0.6 is 0 Å². The van der Waals surface area contributed by atoms with Crippen LogP contribution in [-0.2, 0) is 10.0 Å². The molecular weight excluding hydrogens is 294 g/mol. The van der Waals surface area contributed by atoms with Crippen LogP contribution in [0.2, 0.25) is 0 Å². The zero-order chi connectivity index (χ0) is 15.0. The second kappa shape index (κ2) is 4.83. The first-order valence-corrected chi connectivity index (χ1v) is 7.57. The first kappa shape index (κ1) is 13.5. The lowest BCUT2D eigenvalue weighted by Crippen LogP contribution is -2.14. The highest BCUT2D eigenvalue weighted by Crippen LogP contribution is 2.36. The number of rotatable bonds is 3. The van der Waals surface area contributed by atoms with E-state index in [2.05, 4.69) is 5.32 Å². The highest BCUT2D eigenvalue weighted by atomic mass is 32.2. The maximum Gasteiger partial charge on any atom is 0.240 e. The van der Waals surface area contributed by atoms with Crippen LogP contribution in [0.5, 0.6) is 11.5 Å². The Balaban J connectivity index is 1.99. The third-order valence-corrected chi connectivity index (χ3v) is 3.91. The van der Waals surface area contributed by atoms with Crippen LogP contribution in [0.25, 0.3) is 0 Å². The van der Waals surface area contributed by atoms with E-state index >= 15 is 0 Å². The minimum Gasteiger partial charge on any atom is -0.454 e. The van der Waals surface area contributed by atoms with Gasteiger partial charge in [0.25, 0.3) is 0 Å². The molecule has 7 nitrogen and oxygen atoms in total. The van der Waals surface area contributed by atoms with Crippen molar-refractivity contribution in [3.05, 3.63) is 36.4 Å². The number of benzene rings is 2. The average molecular weight is 307 g/mol. The molecule has 0 radical (unpaired) electrons. The molecule has 5 N–H and O–H groups in total. The Labute approximate surface area is 121 Å². The maximum atomic E-state index is 11.6. The van der Waals surface area contributed by atoms with E-state index in [-0.39, 0.29) is 11.7 Å². The molecule has 0 fully saturated rings. The molecule has 3 rings (SSSR count). The molecule has 0 saturated carbocycles. The monoisotopic (exact) mass is 307 g/mol. The molecule has 0 unspecified atom stereocenters. The third-order valence-electron chi connectivity index (χ3n) is 2.96. The molecule has 2 aromatic rings. The highest BCUT2D eigenvalue weighted by Gasteiger charge is 2.17. The lowest BCUT2D eigenvalue weighted by molar-refractivity contribution is 0.174. The first-order chi connectivity index (χ1) is 9.93. The normalized spacial score (nSPS) is 13.2. The van der Waals surface area contributed by atoms with Crippen LogP contribution < -0.4 is 25.7 Å². The summed E-state index contributed by atoms with van der Waals surface area (Å²) in [5.41, 5.74) is 6.91. The number of fused-ring (bicyclic) bond motifs is 1. The summed E-state index contributed by atoms with van der Waals surface area (Å²) in [5, 5.41) is 8.19. The van der Waals surface area contributed by atoms with Crippen molar-refractivity contribution in [2.75, 3.05) is 17.8 Å². The molecule has 0 aromatic heterocycles. The van der Waals surface area contributed by atoms with Gasteiger partial charge in [-0.2, -0.15) is 0 Å². The molecule has 0 saturated heterocycles. The lowest BCUT2D eigenvalue weighted by atomic mass is 10.2. The van der Waals surface area contributed by atoms with Gasteiger partial charge in [-0.3, -0.25) is 0 Å². The number of primary sulfonamides is 1. The Hall–Kier alpha value is -2.45. The number of nitrogens with two attached hydrogens (primary N) is 2. The molecule has 110 valence electrons. The molecule has 1 aliphatic heterocycles. The Kier molecular flexibility index (Phi) is 3.11. The van der Waals surface area contributed by atoms with E-state index in [1.807, 2.05) is 0 Å². The van der Waals surface area contributed by atoms with Crippen molar-refractivity contribution in [3.8, 4) is 11.5 Å². The van der Waals surface area contributed by atoms with Gasteiger partial charge < -0.3 is 20.5 Å². The summed E-state index contributed by atoms with van der Waals surface area (Å²) in [7, 11) is -3.89. The quantitative estimate of drug-likeness (QED) is 0.738. The van der Waals surface area contributed by atoms with Gasteiger partial charge in [0.15, 0.2) is 11.5 Å². The van der Waals surface area contributed by atoms with E-state index in [0.29, 0.717) is 28.6 Å². The second-order valence-electron chi connectivity index (χ2n) is 4.49. The van der Waals surface area contributed by atoms with Crippen molar-refractivity contribution >= 4 is 27.1 Å². The van der Waals surface area contributed by atoms with Gasteiger partial charge >= 0.3 is 0 Å². The third kappa shape index (κ3) is 2.71. The standard InChI is InChI=1S/C13H13N3O4S/c14-8-1-3-10(13(5-8)21(15,17)18)16-9-2-4-11-12(6-9)20-7-19-11/h1-6,16H,7,14H2,(H2,15,17,18). The topological polar surface area (TPSA) is 117 Å². The number of sulfonamides is 1. The number of ether oxygens (including phenoxy) is 2. The lowest BCUT2D eigenvalue weighted by Gasteiger charge is -2.12. The van der Waals surface area contributed by atoms with Crippen molar-refractivity contribution in [1.29, 1.82) is 0 Å². The predicted octanol–water partition coefficient (Wildman–Crippen LogP) is 1.39. The average Bonchev–Trinajstić information content (AvgIpc) is 2.87. The molecule has 0 atom stereocenters. The van der Waals surface area contributed by atoms with E-state index in [0.717, 1.165) is 0 Å². The molecule has 0 spiro atoms. The zero-order valence-corrected chi connectivity index (χ0v) is 11.7. The van der Waals surface area contributed by atoms with Crippen LogP contribution in [0.3, 0.4) is 0 Å². The van der Waals surface area contributed by atoms with E-state index in [4.69, 9.17) is 20.3 Å². The molecule has 1 heterocycles. The SMILES string of the molecule is Nc1ccc(Nc2ccc3c(c2)OCO3)c(S(N)(=O)=O)c1. The summed E-state index contributed by atoms with van der Waals surface area (Å²) >= 11 is 0. The van der Waals surface area contributed by atoms with E-state index in [1.165, 1.54) is 6.07 Å². The van der Waals surface area contributed by atoms with Crippen LogP contribution in [0.15, 0.2) is 41.3 Å². The van der Waals surface area contributed by atoms with Gasteiger partial charge in [-0.1, -0.05) is 0 Å². The van der Waals surface area contributed by atoms with Crippen molar-refractivity contribution in [1.82, 2.24) is 0 Å². The number of hydrogen-bond acceptors (Lipinski definition) is 6. The van der Waals surface area contributed by atoms with Gasteiger partial charge in [0, 0.05) is 17.4 Å². The van der Waals surface area contributed by atoms with Gasteiger partial charge in [0.05, 0.1) is 5.69 Å². The van der Waals surface area contributed by atoms with Crippen molar-refractivity contribution in [2.45, 2.75) is 4.90 Å². The van der Waals surface area contributed by atoms with Gasteiger partial charge in [-0.15, -0.1) is 0 Å². The fourth-order valence-corrected chi connectivity index (χ4v) is 2.73. The molecule has 0 bridgehead atoms. The fourth-order valence-electron chi connectivity index (χ4n) is 2.01. The van der Waals surface area contributed by atoms with Crippen molar-refractivity contribution < 1.29 is 17.9 Å². The molecule has 0 amide bonds. The molecule has 21 heavy (non-hydrogen) atoms. The number of nitrogen functional groups attached to an aromatic ring is 1. The maximum absolute atomic E-state index is 11.6. The summed E-state index contributed by atoms with van der Waals surface area (Å²) in [6.07, 6.45) is 0. The van der Waals surface area contributed by atoms with Gasteiger partial charge in [-0.05, 0) is 30.3 Å². The smallest absolute Gasteiger partial charge is 0.240 e. The summed E-state index contributed by atoms with van der Waals surface area (Å²) in [6.45, 7) is 0.170. The summed E-state index contributed by atoms with van der Waals surface area (Å²) in [6, 6.07) is 9.65. The highest BCUT2D eigenvalue weighted by molar-refractivity contribution is 7.89. The summed E-state index contributed by atoms with van der Waals surface area (Å²) in [4.78, 5) is -0.0693. The van der Waals surface area contributed by atoms with Crippen molar-refractivity contribution in [3.63, 3.8) is 0 Å². The minimum absolute atomic E-state index is 0.0693. The number of hydrogen-bond donors (Lipinski definition) is 3. The minimum atomic E-state index is -3.89. The molecule has 8 heteroatoms. The predicted molar refractivity (Wildman–Crippen MR) is 78.1 cm³/mol. The molecular formula is C13H13N3O4S. The largest absolute Gasteiger partial charge is 0.454 e. The van der Waals surface area contributed by atoms with Gasteiger partial charge in [-0.25, -0.2) is 13.6 Å². The Morgan fingerprint density at radius 1 is 1.05 bits per heavy atom. The summed E-state index contributed by atoms with van der Waals surface area (Å²) in [5.74, 6) is 1.23.